The highest BCUT2D eigenvalue weighted by Gasteiger charge is 2.16. The number of piperidine rings is 1. The fourth-order valence-corrected chi connectivity index (χ4v) is 3.52. The average Bonchev–Trinajstić information content (AvgIpc) is 2.82. The summed E-state index contributed by atoms with van der Waals surface area (Å²) >= 11 is 1.74. The molecule has 1 N–H and O–H groups in total. The first-order chi connectivity index (χ1) is 9.16. The summed E-state index contributed by atoms with van der Waals surface area (Å²) < 4.78 is 0. The van der Waals surface area contributed by atoms with Gasteiger partial charge in [-0.3, -0.25) is 4.79 Å². The molecule has 0 atom stereocenters. The molecule has 0 aromatic carbocycles. The van der Waals surface area contributed by atoms with Crippen LogP contribution in [0.4, 0.5) is 0 Å². The van der Waals surface area contributed by atoms with E-state index in [1.807, 2.05) is 11.9 Å². The summed E-state index contributed by atoms with van der Waals surface area (Å²) in [5.74, 6) is 1.02. The Hall–Kier alpha value is -0.580. The lowest BCUT2D eigenvalue weighted by molar-refractivity contribution is -0.130. The van der Waals surface area contributed by atoms with E-state index in [1.54, 1.807) is 11.3 Å². The Bertz CT molecular complexity index is 416. The summed E-state index contributed by atoms with van der Waals surface area (Å²) in [5.41, 5.74) is 1.29. The van der Waals surface area contributed by atoms with Gasteiger partial charge in [-0.1, -0.05) is 0 Å². The molecule has 2 heterocycles. The molecule has 0 saturated carbocycles. The maximum Gasteiger partial charge on any atom is 0.222 e. The molecule has 0 unspecified atom stereocenters. The lowest BCUT2D eigenvalue weighted by Gasteiger charge is -2.23. The van der Waals surface area contributed by atoms with Crippen molar-refractivity contribution in [3.8, 4) is 0 Å². The molecule has 20 heavy (non-hydrogen) atoms. The summed E-state index contributed by atoms with van der Waals surface area (Å²) in [5, 5.41) is 5.46. The number of aryl methyl sites for hydroxylation is 1. The molecule has 1 aliphatic rings. The van der Waals surface area contributed by atoms with Gasteiger partial charge in [-0.2, -0.15) is 0 Å². The number of hydrogen-bond donors (Lipinski definition) is 1. The van der Waals surface area contributed by atoms with Crippen LogP contribution >= 0.6 is 23.7 Å². The third-order valence-corrected chi connectivity index (χ3v) is 5.01. The zero-order valence-electron chi connectivity index (χ0n) is 12.4. The standard InChI is InChI=1S/C15H24N2OS.ClH/c1-12-7-10-19-14(12)11-17(2)15(18)4-3-13-5-8-16-9-6-13;/h7,10,13,16H,3-6,8-9,11H2,1-2H3;1H. The Morgan fingerprint density at radius 3 is 2.75 bits per heavy atom. The molecule has 5 heteroatoms. The highest BCUT2D eigenvalue weighted by atomic mass is 35.5. The Balaban J connectivity index is 0.00000200. The van der Waals surface area contributed by atoms with Gasteiger partial charge in [0.05, 0.1) is 6.54 Å². The first-order valence-corrected chi connectivity index (χ1v) is 8.02. The van der Waals surface area contributed by atoms with Crippen LogP contribution < -0.4 is 5.32 Å². The van der Waals surface area contributed by atoms with E-state index in [0.29, 0.717) is 6.42 Å². The van der Waals surface area contributed by atoms with Crippen LogP contribution in [0.15, 0.2) is 11.4 Å². The second-order valence-electron chi connectivity index (χ2n) is 5.51. The van der Waals surface area contributed by atoms with Crippen LogP contribution in [0.5, 0.6) is 0 Å². The smallest absolute Gasteiger partial charge is 0.222 e. The molecule has 114 valence electrons. The number of nitrogens with zero attached hydrogens (tertiary/aromatic N) is 1. The molecule has 1 aliphatic heterocycles. The topological polar surface area (TPSA) is 32.3 Å². The van der Waals surface area contributed by atoms with E-state index in [0.717, 1.165) is 32.0 Å². The van der Waals surface area contributed by atoms with Gasteiger partial charge < -0.3 is 10.2 Å². The van der Waals surface area contributed by atoms with Crippen molar-refractivity contribution in [2.45, 2.75) is 39.2 Å². The van der Waals surface area contributed by atoms with E-state index in [-0.39, 0.29) is 18.3 Å². The first kappa shape index (κ1) is 17.5. The number of hydrogen-bond acceptors (Lipinski definition) is 3. The molecule has 0 bridgehead atoms. The van der Waals surface area contributed by atoms with E-state index in [9.17, 15) is 4.79 Å². The van der Waals surface area contributed by atoms with Crippen molar-refractivity contribution in [2.24, 2.45) is 5.92 Å². The van der Waals surface area contributed by atoms with E-state index in [4.69, 9.17) is 0 Å². The third kappa shape index (κ3) is 5.08. The quantitative estimate of drug-likeness (QED) is 0.904. The van der Waals surface area contributed by atoms with Gasteiger partial charge in [-0.05, 0) is 62.2 Å². The average molecular weight is 317 g/mol. The molecule has 1 amide bonds. The van der Waals surface area contributed by atoms with E-state index in [2.05, 4.69) is 23.7 Å². The third-order valence-electron chi connectivity index (χ3n) is 4.00. The number of carbonyl (C=O) groups excluding carboxylic acids is 1. The Kier molecular flexibility index (Phi) is 7.56. The fraction of sp³-hybridized carbons (Fsp3) is 0.667. The van der Waals surface area contributed by atoms with Crippen LogP contribution in [0.2, 0.25) is 0 Å². The number of amides is 1. The zero-order chi connectivity index (χ0) is 13.7. The normalized spacial score (nSPS) is 15.7. The number of halogens is 1. The fourth-order valence-electron chi connectivity index (χ4n) is 2.56. The van der Waals surface area contributed by atoms with Gasteiger partial charge >= 0.3 is 0 Å². The van der Waals surface area contributed by atoms with Crippen molar-refractivity contribution in [3.05, 3.63) is 21.9 Å². The number of nitrogens with one attached hydrogen (secondary N) is 1. The second kappa shape index (κ2) is 8.65. The van der Waals surface area contributed by atoms with Gasteiger partial charge in [0.1, 0.15) is 0 Å². The molecule has 1 aromatic heterocycles. The molecule has 1 fully saturated rings. The summed E-state index contributed by atoms with van der Waals surface area (Å²) in [6.45, 7) is 5.10. The molecule has 0 radical (unpaired) electrons. The van der Waals surface area contributed by atoms with Crippen LogP contribution in [0.25, 0.3) is 0 Å². The minimum Gasteiger partial charge on any atom is -0.341 e. The van der Waals surface area contributed by atoms with Crippen molar-refractivity contribution < 1.29 is 4.79 Å². The van der Waals surface area contributed by atoms with Crippen molar-refractivity contribution in [3.63, 3.8) is 0 Å². The van der Waals surface area contributed by atoms with Crippen molar-refractivity contribution in [1.29, 1.82) is 0 Å². The summed E-state index contributed by atoms with van der Waals surface area (Å²) in [6.07, 6.45) is 4.20. The number of rotatable bonds is 5. The molecule has 0 aliphatic carbocycles. The van der Waals surface area contributed by atoms with Crippen LogP contribution in [-0.4, -0.2) is 30.9 Å². The van der Waals surface area contributed by atoms with Gasteiger partial charge in [-0.25, -0.2) is 0 Å². The van der Waals surface area contributed by atoms with Gasteiger partial charge in [0.25, 0.3) is 0 Å². The second-order valence-corrected chi connectivity index (χ2v) is 6.51. The van der Waals surface area contributed by atoms with Crippen molar-refractivity contribution in [2.75, 3.05) is 20.1 Å². The van der Waals surface area contributed by atoms with Crippen molar-refractivity contribution in [1.82, 2.24) is 10.2 Å². The Morgan fingerprint density at radius 2 is 2.15 bits per heavy atom. The Morgan fingerprint density at radius 1 is 1.45 bits per heavy atom. The summed E-state index contributed by atoms with van der Waals surface area (Å²) in [4.78, 5) is 15.3. The highest BCUT2D eigenvalue weighted by Crippen LogP contribution is 2.20. The van der Waals surface area contributed by atoms with E-state index < -0.39 is 0 Å². The molecule has 0 spiro atoms. The maximum absolute atomic E-state index is 12.1. The van der Waals surface area contributed by atoms with Gasteiger partial charge in [0, 0.05) is 18.3 Å². The van der Waals surface area contributed by atoms with Crippen LogP contribution in [-0.2, 0) is 11.3 Å². The van der Waals surface area contributed by atoms with E-state index >= 15 is 0 Å². The van der Waals surface area contributed by atoms with Gasteiger partial charge in [0.15, 0.2) is 0 Å². The minimum atomic E-state index is 0. The molecular formula is C15H25ClN2OS. The van der Waals surface area contributed by atoms with Crippen molar-refractivity contribution >= 4 is 29.7 Å². The molecule has 3 nitrogen and oxygen atoms in total. The number of carbonyl (C=O) groups is 1. The maximum atomic E-state index is 12.1. The van der Waals surface area contributed by atoms with Gasteiger partial charge in [-0.15, -0.1) is 23.7 Å². The predicted molar refractivity (Wildman–Crippen MR) is 87.6 cm³/mol. The molecule has 1 aromatic rings. The lowest BCUT2D eigenvalue weighted by Crippen LogP contribution is -2.30. The lowest BCUT2D eigenvalue weighted by atomic mass is 9.93. The Labute approximate surface area is 132 Å². The summed E-state index contributed by atoms with van der Waals surface area (Å²) in [7, 11) is 1.92. The first-order valence-electron chi connectivity index (χ1n) is 7.14. The molecule has 1 saturated heterocycles. The van der Waals surface area contributed by atoms with Crippen LogP contribution in [0, 0.1) is 12.8 Å². The predicted octanol–water partition coefficient (Wildman–Crippen LogP) is 3.22. The largest absolute Gasteiger partial charge is 0.341 e. The van der Waals surface area contributed by atoms with Crippen LogP contribution in [0.1, 0.15) is 36.1 Å². The molecule has 2 rings (SSSR count). The summed E-state index contributed by atoms with van der Waals surface area (Å²) in [6, 6.07) is 2.12. The highest BCUT2D eigenvalue weighted by molar-refractivity contribution is 7.10. The zero-order valence-corrected chi connectivity index (χ0v) is 14.0. The van der Waals surface area contributed by atoms with Crippen LogP contribution in [0.3, 0.4) is 0 Å². The SMILES string of the molecule is Cc1ccsc1CN(C)C(=O)CCC1CCNCC1.Cl. The monoisotopic (exact) mass is 316 g/mol. The minimum absolute atomic E-state index is 0. The molecular weight excluding hydrogens is 292 g/mol. The van der Waals surface area contributed by atoms with E-state index in [1.165, 1.54) is 23.3 Å². The van der Waals surface area contributed by atoms with Gasteiger partial charge in [0.2, 0.25) is 5.91 Å². The number of thiophene rings is 1.